The fourth-order valence-corrected chi connectivity index (χ4v) is 3.40. The number of piperidine rings is 1. The van der Waals surface area contributed by atoms with Gasteiger partial charge in [-0.15, -0.1) is 0 Å². The number of nitrogens with zero attached hydrogens (tertiary/aromatic N) is 4. The third kappa shape index (κ3) is 2.73. The second-order valence-corrected chi connectivity index (χ2v) is 6.75. The van der Waals surface area contributed by atoms with Crippen molar-refractivity contribution in [2.75, 3.05) is 18.0 Å². The molecule has 0 radical (unpaired) electrons. The van der Waals surface area contributed by atoms with Crippen LogP contribution in [-0.2, 0) is 0 Å². The number of hydrogen-bond donors (Lipinski definition) is 0. The lowest BCUT2D eigenvalue weighted by molar-refractivity contribution is 0.437. The number of aromatic nitrogens is 3. The Hall–Kier alpha value is -2.49. The fourth-order valence-electron chi connectivity index (χ4n) is 3.40. The zero-order valence-electron chi connectivity index (χ0n) is 14.2. The van der Waals surface area contributed by atoms with E-state index < -0.39 is 0 Å². The van der Waals surface area contributed by atoms with Crippen molar-refractivity contribution in [3.05, 3.63) is 48.3 Å². The van der Waals surface area contributed by atoms with Crippen molar-refractivity contribution in [1.82, 2.24) is 15.0 Å². The molecule has 0 amide bonds. The Morgan fingerprint density at radius 2 is 1.88 bits per heavy atom. The second-order valence-electron chi connectivity index (χ2n) is 6.75. The maximum atomic E-state index is 4.96. The van der Waals surface area contributed by atoms with Gasteiger partial charge in [-0.3, -0.25) is 4.98 Å². The molecule has 0 N–H and O–H groups in total. The minimum atomic E-state index is 0.759. The maximum absolute atomic E-state index is 4.96. The average molecular weight is 318 g/mol. The number of aryl methyl sites for hydroxylation is 1. The van der Waals surface area contributed by atoms with Crippen LogP contribution in [0.4, 0.5) is 5.82 Å². The third-order valence-corrected chi connectivity index (χ3v) is 4.92. The highest BCUT2D eigenvalue weighted by molar-refractivity contribution is 5.93. The van der Waals surface area contributed by atoms with Crippen molar-refractivity contribution in [3.8, 4) is 11.4 Å². The summed E-state index contributed by atoms with van der Waals surface area (Å²) in [5.41, 5.74) is 3.21. The van der Waals surface area contributed by atoms with E-state index in [1.165, 1.54) is 23.8 Å². The summed E-state index contributed by atoms with van der Waals surface area (Å²) >= 11 is 0. The van der Waals surface area contributed by atoms with Gasteiger partial charge in [0.15, 0.2) is 5.82 Å². The number of rotatable bonds is 2. The first-order chi connectivity index (χ1) is 11.7. The predicted octanol–water partition coefficient (Wildman–Crippen LogP) is 4.24. The van der Waals surface area contributed by atoms with Gasteiger partial charge in [-0.1, -0.05) is 19.1 Å². The molecule has 1 saturated heterocycles. The molecule has 0 spiro atoms. The van der Waals surface area contributed by atoms with E-state index in [1.54, 1.807) is 6.20 Å². The average Bonchev–Trinajstić information content (AvgIpc) is 2.62. The van der Waals surface area contributed by atoms with Gasteiger partial charge in [0.05, 0.1) is 5.52 Å². The Morgan fingerprint density at radius 1 is 1.04 bits per heavy atom. The molecule has 3 aromatic rings. The molecule has 1 fully saturated rings. The quantitative estimate of drug-likeness (QED) is 0.709. The molecule has 1 aliphatic heterocycles. The predicted molar refractivity (Wildman–Crippen MR) is 98.1 cm³/mol. The van der Waals surface area contributed by atoms with Gasteiger partial charge in [0.2, 0.25) is 0 Å². The van der Waals surface area contributed by atoms with Crippen molar-refractivity contribution in [2.45, 2.75) is 26.7 Å². The van der Waals surface area contributed by atoms with E-state index in [1.807, 2.05) is 18.3 Å². The fraction of sp³-hybridized carbons (Fsp3) is 0.350. The van der Waals surface area contributed by atoms with Crippen molar-refractivity contribution in [3.63, 3.8) is 0 Å². The van der Waals surface area contributed by atoms with Gasteiger partial charge < -0.3 is 4.90 Å². The van der Waals surface area contributed by atoms with E-state index in [-0.39, 0.29) is 0 Å². The molecule has 24 heavy (non-hydrogen) atoms. The Bertz CT molecular complexity index is 852. The third-order valence-electron chi connectivity index (χ3n) is 4.92. The summed E-state index contributed by atoms with van der Waals surface area (Å²) in [5.74, 6) is 2.63. The molecule has 4 heteroatoms. The number of pyridine rings is 1. The van der Waals surface area contributed by atoms with E-state index in [0.29, 0.717) is 0 Å². The van der Waals surface area contributed by atoms with Crippen LogP contribution in [0.25, 0.3) is 22.3 Å². The normalized spacial score (nSPS) is 15.8. The monoisotopic (exact) mass is 318 g/mol. The molecule has 1 aromatic carbocycles. The first kappa shape index (κ1) is 15.1. The lowest BCUT2D eigenvalue weighted by atomic mass is 9.98. The van der Waals surface area contributed by atoms with Crippen LogP contribution in [0, 0.1) is 12.8 Å². The summed E-state index contributed by atoms with van der Waals surface area (Å²) in [4.78, 5) is 16.4. The molecule has 4 nitrogen and oxygen atoms in total. The first-order valence-corrected chi connectivity index (χ1v) is 8.65. The van der Waals surface area contributed by atoms with E-state index in [2.05, 4.69) is 41.9 Å². The second kappa shape index (κ2) is 6.19. The SMILES string of the molecule is Cc1cccc2nc(-c3cccnc3)nc(N3CCC(C)CC3)c12. The lowest BCUT2D eigenvalue weighted by Crippen LogP contribution is -2.33. The van der Waals surface area contributed by atoms with Crippen LogP contribution in [-0.4, -0.2) is 28.0 Å². The van der Waals surface area contributed by atoms with Gasteiger partial charge >= 0.3 is 0 Å². The molecule has 0 unspecified atom stereocenters. The molecule has 1 aliphatic rings. The van der Waals surface area contributed by atoms with E-state index in [0.717, 1.165) is 41.7 Å². The van der Waals surface area contributed by atoms with Gasteiger partial charge in [0.25, 0.3) is 0 Å². The molecule has 3 heterocycles. The van der Waals surface area contributed by atoms with Crippen LogP contribution in [0.3, 0.4) is 0 Å². The van der Waals surface area contributed by atoms with Crippen molar-refractivity contribution >= 4 is 16.7 Å². The van der Waals surface area contributed by atoms with Crippen LogP contribution in [0.1, 0.15) is 25.3 Å². The van der Waals surface area contributed by atoms with Gasteiger partial charge in [0, 0.05) is 36.4 Å². The number of benzene rings is 1. The zero-order valence-corrected chi connectivity index (χ0v) is 14.2. The highest BCUT2D eigenvalue weighted by Crippen LogP contribution is 2.32. The highest BCUT2D eigenvalue weighted by atomic mass is 15.2. The summed E-state index contributed by atoms with van der Waals surface area (Å²) in [6, 6.07) is 10.2. The van der Waals surface area contributed by atoms with Gasteiger partial charge in [-0.2, -0.15) is 0 Å². The summed E-state index contributed by atoms with van der Waals surface area (Å²) < 4.78 is 0. The molecule has 4 rings (SSSR count). The first-order valence-electron chi connectivity index (χ1n) is 8.65. The van der Waals surface area contributed by atoms with Gasteiger partial charge in [-0.05, 0) is 49.4 Å². The van der Waals surface area contributed by atoms with Crippen LogP contribution in [0.5, 0.6) is 0 Å². The highest BCUT2D eigenvalue weighted by Gasteiger charge is 2.21. The Morgan fingerprint density at radius 3 is 2.62 bits per heavy atom. The molecule has 0 atom stereocenters. The van der Waals surface area contributed by atoms with Crippen LogP contribution in [0.2, 0.25) is 0 Å². The summed E-state index contributed by atoms with van der Waals surface area (Å²) in [6.45, 7) is 6.61. The van der Waals surface area contributed by atoms with Crippen molar-refractivity contribution in [2.24, 2.45) is 5.92 Å². The molecule has 0 bridgehead atoms. The molecule has 122 valence electrons. The standard InChI is InChI=1S/C20H22N4/c1-14-8-11-24(12-9-14)20-18-15(2)5-3-7-17(18)22-19(23-20)16-6-4-10-21-13-16/h3-7,10,13-14H,8-9,11-12H2,1-2H3. The topological polar surface area (TPSA) is 41.9 Å². The van der Waals surface area contributed by atoms with E-state index in [9.17, 15) is 0 Å². The van der Waals surface area contributed by atoms with Crippen molar-refractivity contribution < 1.29 is 0 Å². The minimum absolute atomic E-state index is 0.759. The largest absolute Gasteiger partial charge is 0.356 e. The molecule has 2 aromatic heterocycles. The Labute approximate surface area is 142 Å². The van der Waals surface area contributed by atoms with E-state index in [4.69, 9.17) is 9.97 Å². The number of anilines is 1. The van der Waals surface area contributed by atoms with Crippen molar-refractivity contribution in [1.29, 1.82) is 0 Å². The number of hydrogen-bond acceptors (Lipinski definition) is 4. The molecule has 0 aliphatic carbocycles. The molecular formula is C20H22N4. The van der Waals surface area contributed by atoms with E-state index >= 15 is 0 Å². The van der Waals surface area contributed by atoms with Gasteiger partial charge in [-0.25, -0.2) is 9.97 Å². The molecular weight excluding hydrogens is 296 g/mol. The molecule has 0 saturated carbocycles. The minimum Gasteiger partial charge on any atom is -0.356 e. The van der Waals surface area contributed by atoms with Crippen LogP contribution in [0.15, 0.2) is 42.7 Å². The van der Waals surface area contributed by atoms with Crippen LogP contribution >= 0.6 is 0 Å². The smallest absolute Gasteiger partial charge is 0.163 e. The Kier molecular flexibility index (Phi) is 3.89. The Balaban J connectivity index is 1.89. The summed E-state index contributed by atoms with van der Waals surface area (Å²) in [5, 5.41) is 1.18. The summed E-state index contributed by atoms with van der Waals surface area (Å²) in [6.07, 6.45) is 6.06. The van der Waals surface area contributed by atoms with Gasteiger partial charge in [0.1, 0.15) is 5.82 Å². The lowest BCUT2D eigenvalue weighted by Gasteiger charge is -2.32. The van der Waals surface area contributed by atoms with Crippen LogP contribution < -0.4 is 4.90 Å². The maximum Gasteiger partial charge on any atom is 0.163 e. The summed E-state index contributed by atoms with van der Waals surface area (Å²) in [7, 11) is 0. The number of fused-ring (bicyclic) bond motifs is 1. The zero-order chi connectivity index (χ0) is 16.5.